The third-order valence-corrected chi connectivity index (χ3v) is 9.87. The first kappa shape index (κ1) is 21.1. The number of unbranched alkanes of at least 4 members (excludes halogenated alkanes) is 1. The van der Waals surface area contributed by atoms with Gasteiger partial charge in [-0.05, 0) is 44.1 Å². The average molecular weight is 370 g/mol. The highest BCUT2D eigenvalue weighted by Crippen LogP contribution is 2.21. The number of rotatable bonds is 9. The van der Waals surface area contributed by atoms with E-state index in [9.17, 15) is 14.0 Å². The number of alkyl halides is 1. The lowest BCUT2D eigenvalue weighted by Gasteiger charge is -2.27. The van der Waals surface area contributed by atoms with Gasteiger partial charge in [0.05, 0.1) is 14.7 Å². The van der Waals surface area contributed by atoms with E-state index in [1.165, 1.54) is 5.19 Å². The maximum Gasteiger partial charge on any atom is 0.226 e. The number of hydrogen-bond acceptors (Lipinski definition) is 2. The molecular weight excluding hydrogens is 337 g/mol. The molecule has 136 valence electrons. The lowest BCUT2D eigenvalue weighted by molar-refractivity contribution is -0.118. The number of nitrogens with zero attached hydrogens (tertiary/aromatic N) is 1. The van der Waals surface area contributed by atoms with E-state index in [0.717, 1.165) is 17.8 Å². The van der Waals surface area contributed by atoms with Crippen LogP contribution < -0.4 is 10.1 Å². The van der Waals surface area contributed by atoms with Crippen molar-refractivity contribution in [3.63, 3.8) is 0 Å². The summed E-state index contributed by atoms with van der Waals surface area (Å²) in [6.07, 6.45) is 1.42. The van der Waals surface area contributed by atoms with E-state index in [1.807, 2.05) is 25.2 Å². The van der Waals surface area contributed by atoms with E-state index in [2.05, 4.69) is 25.2 Å². The van der Waals surface area contributed by atoms with Crippen molar-refractivity contribution < 1.29 is 14.0 Å². The van der Waals surface area contributed by atoms with Gasteiger partial charge in [-0.3, -0.25) is 9.18 Å². The zero-order valence-electron chi connectivity index (χ0n) is 15.7. The quantitative estimate of drug-likeness (QED) is 0.530. The van der Waals surface area contributed by atoms with Crippen molar-refractivity contribution in [2.24, 2.45) is 0 Å². The van der Waals surface area contributed by atoms with Crippen LogP contribution in [0.2, 0.25) is 38.3 Å². The smallest absolute Gasteiger partial charge is 0.226 e. The van der Waals surface area contributed by atoms with Gasteiger partial charge in [0.1, 0.15) is 0 Å². The van der Waals surface area contributed by atoms with Crippen molar-refractivity contribution >= 4 is 33.2 Å². The number of amides is 1. The first-order valence-corrected chi connectivity index (χ1v) is 15.1. The molecule has 0 aliphatic heterocycles. The summed E-state index contributed by atoms with van der Waals surface area (Å²) >= 11 is 0. The summed E-state index contributed by atoms with van der Waals surface area (Å²) in [4.78, 5) is 24.0. The molecule has 0 aliphatic rings. The molecular formula is C18H32FNO2Si2. The summed E-state index contributed by atoms with van der Waals surface area (Å²) in [5.41, 5.74) is 0.902. The summed E-state index contributed by atoms with van der Waals surface area (Å²) < 4.78 is 12.2. The van der Waals surface area contributed by atoms with Crippen molar-refractivity contribution in [3.05, 3.63) is 24.3 Å². The molecule has 0 radical (unpaired) electrons. The molecule has 6 heteroatoms. The van der Waals surface area contributed by atoms with Gasteiger partial charge >= 0.3 is 0 Å². The summed E-state index contributed by atoms with van der Waals surface area (Å²) in [5, 5.41) is 1.31. The lowest BCUT2D eigenvalue weighted by Crippen LogP contribution is -2.43. The minimum absolute atomic E-state index is 0.0315. The summed E-state index contributed by atoms with van der Waals surface area (Å²) in [6, 6.07) is 10.2. The maximum absolute atomic E-state index is 12.2. The molecule has 0 saturated carbocycles. The van der Waals surface area contributed by atoms with E-state index in [4.69, 9.17) is 0 Å². The van der Waals surface area contributed by atoms with Gasteiger partial charge in [0, 0.05) is 19.2 Å². The Labute approximate surface area is 148 Å². The summed E-state index contributed by atoms with van der Waals surface area (Å²) in [7, 11) is -1.89. The van der Waals surface area contributed by atoms with E-state index >= 15 is 0 Å². The van der Waals surface area contributed by atoms with E-state index in [1.54, 1.807) is 11.9 Å². The molecule has 1 rings (SSSR count). The fraction of sp³-hybridized carbons (Fsp3) is 0.611. The number of anilines is 1. The normalized spacial score (nSPS) is 12.3. The van der Waals surface area contributed by atoms with Crippen molar-refractivity contribution in [1.82, 2.24) is 0 Å². The maximum atomic E-state index is 12.2. The lowest BCUT2D eigenvalue weighted by atomic mass is 10.2. The molecule has 24 heavy (non-hydrogen) atoms. The van der Waals surface area contributed by atoms with Crippen LogP contribution in [0.3, 0.4) is 0 Å². The highest BCUT2D eigenvalue weighted by molar-refractivity contribution is 6.91. The third kappa shape index (κ3) is 6.87. The van der Waals surface area contributed by atoms with Crippen LogP contribution in [-0.2, 0) is 4.79 Å². The Hall–Kier alpha value is -0.986. The van der Waals surface area contributed by atoms with Gasteiger partial charge in [-0.25, -0.2) is 0 Å². The standard InChI is InChI=1S/C18H32FNO2Si2/c1-20(18(21)11-6-7-12-19)16-9-8-10-17(15-16)23(2,3)13-14-24(4,5)22/h8-10,15,22H,6-7,11-14H2,1-5H3. The predicted molar refractivity (Wildman–Crippen MR) is 106 cm³/mol. The van der Waals surface area contributed by atoms with Crippen LogP contribution in [0.15, 0.2) is 24.3 Å². The van der Waals surface area contributed by atoms with Crippen LogP contribution in [0, 0.1) is 0 Å². The van der Waals surface area contributed by atoms with E-state index < -0.39 is 16.4 Å². The van der Waals surface area contributed by atoms with Crippen molar-refractivity contribution in [2.75, 3.05) is 18.6 Å². The Kier molecular flexibility index (Phi) is 7.83. The Morgan fingerprint density at radius 3 is 2.42 bits per heavy atom. The number of carbonyl (C=O) groups is 1. The predicted octanol–water partition coefficient (Wildman–Crippen LogP) is 3.90. The van der Waals surface area contributed by atoms with E-state index in [0.29, 0.717) is 19.3 Å². The highest BCUT2D eigenvalue weighted by atomic mass is 28.4. The SMILES string of the molecule is CN(C(=O)CCCCF)c1cccc([Si](C)(C)CC[Si](C)(C)O)c1. The van der Waals surface area contributed by atoms with Gasteiger partial charge in [0.15, 0.2) is 8.32 Å². The zero-order chi connectivity index (χ0) is 18.4. The Bertz CT molecular complexity index is 544. The number of hydrogen-bond donors (Lipinski definition) is 1. The monoisotopic (exact) mass is 369 g/mol. The van der Waals surface area contributed by atoms with Crippen molar-refractivity contribution in [3.8, 4) is 0 Å². The second-order valence-corrected chi connectivity index (χ2v) is 16.8. The molecule has 0 spiro atoms. The molecule has 0 unspecified atom stereocenters. The molecule has 0 fully saturated rings. The summed E-state index contributed by atoms with van der Waals surface area (Å²) in [5.74, 6) is 0.0315. The average Bonchev–Trinajstić information content (AvgIpc) is 2.52. The second kappa shape index (κ2) is 8.92. The third-order valence-electron chi connectivity index (χ3n) is 4.53. The molecule has 0 aromatic heterocycles. The van der Waals surface area contributed by atoms with Gasteiger partial charge in [-0.1, -0.05) is 36.5 Å². The minimum atomic E-state index is -2.03. The van der Waals surface area contributed by atoms with Crippen LogP contribution in [-0.4, -0.2) is 40.8 Å². The number of halogens is 1. The molecule has 1 aromatic rings. The van der Waals surface area contributed by atoms with Crippen LogP contribution >= 0.6 is 0 Å². The fourth-order valence-corrected chi connectivity index (χ4v) is 8.90. The molecule has 1 N–H and O–H groups in total. The largest absolute Gasteiger partial charge is 0.432 e. The van der Waals surface area contributed by atoms with Crippen LogP contribution in [0.5, 0.6) is 0 Å². The first-order valence-electron chi connectivity index (χ1n) is 8.72. The summed E-state index contributed by atoms with van der Waals surface area (Å²) in [6.45, 7) is 8.23. The molecule has 0 atom stereocenters. The second-order valence-electron chi connectivity index (χ2n) is 7.85. The van der Waals surface area contributed by atoms with Gasteiger partial charge in [-0.2, -0.15) is 0 Å². The minimum Gasteiger partial charge on any atom is -0.432 e. The number of benzene rings is 1. The topological polar surface area (TPSA) is 40.5 Å². The zero-order valence-corrected chi connectivity index (χ0v) is 17.7. The van der Waals surface area contributed by atoms with Gasteiger partial charge in [0.25, 0.3) is 0 Å². The Morgan fingerprint density at radius 2 is 1.83 bits per heavy atom. The van der Waals surface area contributed by atoms with Crippen LogP contribution in [0.25, 0.3) is 0 Å². The molecule has 0 aliphatic carbocycles. The molecule has 1 amide bonds. The van der Waals surface area contributed by atoms with Crippen molar-refractivity contribution in [2.45, 2.75) is 57.5 Å². The van der Waals surface area contributed by atoms with Gasteiger partial charge in [0.2, 0.25) is 5.91 Å². The highest BCUT2D eigenvalue weighted by Gasteiger charge is 2.28. The van der Waals surface area contributed by atoms with Gasteiger partial charge in [-0.15, -0.1) is 0 Å². The Balaban J connectivity index is 2.83. The van der Waals surface area contributed by atoms with Crippen LogP contribution in [0.4, 0.5) is 10.1 Å². The van der Waals surface area contributed by atoms with Crippen molar-refractivity contribution in [1.29, 1.82) is 0 Å². The van der Waals surface area contributed by atoms with E-state index in [-0.39, 0.29) is 12.6 Å². The fourth-order valence-electron chi connectivity index (χ4n) is 2.58. The molecule has 0 saturated heterocycles. The molecule has 0 bridgehead atoms. The first-order chi connectivity index (χ1) is 11.1. The Morgan fingerprint density at radius 1 is 1.17 bits per heavy atom. The molecule has 0 heterocycles. The molecule has 3 nitrogen and oxygen atoms in total. The number of carbonyl (C=O) groups excluding carboxylic acids is 1. The van der Waals surface area contributed by atoms with Gasteiger partial charge < -0.3 is 9.70 Å². The molecule has 1 aromatic carbocycles. The van der Waals surface area contributed by atoms with Crippen LogP contribution in [0.1, 0.15) is 19.3 Å².